The van der Waals surface area contributed by atoms with Crippen molar-refractivity contribution in [1.82, 2.24) is 4.98 Å². The van der Waals surface area contributed by atoms with E-state index in [1.165, 1.54) is 29.3 Å². The highest BCUT2D eigenvalue weighted by Gasteiger charge is 2.32. The van der Waals surface area contributed by atoms with E-state index >= 15 is 0 Å². The summed E-state index contributed by atoms with van der Waals surface area (Å²) in [6, 6.07) is 4.23. The number of nitrogens with one attached hydrogen (secondary N) is 1. The third kappa shape index (κ3) is 1.51. The predicted molar refractivity (Wildman–Crippen MR) is 65.5 cm³/mol. The molecule has 3 rings (SSSR count). The Bertz CT molecular complexity index is 485. The number of anilines is 1. The Balaban J connectivity index is 1.99. The summed E-state index contributed by atoms with van der Waals surface area (Å²) >= 11 is 1.77. The summed E-state index contributed by atoms with van der Waals surface area (Å²) in [5.41, 5.74) is 0.281. The Morgan fingerprint density at radius 1 is 1.40 bits per heavy atom. The van der Waals surface area contributed by atoms with Crippen molar-refractivity contribution in [3.8, 4) is 0 Å². The van der Waals surface area contributed by atoms with E-state index in [1.54, 1.807) is 11.3 Å². The van der Waals surface area contributed by atoms with Gasteiger partial charge in [0.05, 0.1) is 0 Å². The van der Waals surface area contributed by atoms with Crippen molar-refractivity contribution >= 4 is 27.2 Å². The first kappa shape index (κ1) is 9.16. The molecule has 78 valence electrons. The maximum absolute atomic E-state index is 4.44. The van der Waals surface area contributed by atoms with Gasteiger partial charge in [-0.15, -0.1) is 11.3 Å². The first-order valence-electron chi connectivity index (χ1n) is 5.37. The molecule has 3 heteroatoms. The number of thiophene rings is 1. The van der Waals surface area contributed by atoms with Crippen LogP contribution in [-0.2, 0) is 0 Å². The number of aromatic nitrogens is 1. The molecule has 0 aliphatic heterocycles. The third-order valence-electron chi connectivity index (χ3n) is 3.26. The molecule has 15 heavy (non-hydrogen) atoms. The molecule has 0 radical (unpaired) electrons. The number of fused-ring (bicyclic) bond motifs is 1. The smallest absolute Gasteiger partial charge is 0.135 e. The summed E-state index contributed by atoms with van der Waals surface area (Å²) < 4.78 is 1.32. The minimum absolute atomic E-state index is 0.281. The molecule has 1 aliphatic rings. The lowest BCUT2D eigenvalue weighted by atomic mass is 9.78. The van der Waals surface area contributed by atoms with E-state index in [0.29, 0.717) is 0 Å². The molecule has 0 saturated heterocycles. The van der Waals surface area contributed by atoms with Gasteiger partial charge in [-0.3, -0.25) is 0 Å². The van der Waals surface area contributed by atoms with Gasteiger partial charge in [-0.2, -0.15) is 0 Å². The van der Waals surface area contributed by atoms with Crippen LogP contribution in [0.4, 0.5) is 5.82 Å². The molecule has 1 aliphatic carbocycles. The third-order valence-corrected chi connectivity index (χ3v) is 4.14. The lowest BCUT2D eigenvalue weighted by molar-refractivity contribution is 0.306. The van der Waals surface area contributed by atoms with Crippen molar-refractivity contribution in [2.75, 3.05) is 5.32 Å². The summed E-state index contributed by atoms with van der Waals surface area (Å²) in [7, 11) is 0. The topological polar surface area (TPSA) is 24.9 Å². The molecule has 0 atom stereocenters. The largest absolute Gasteiger partial charge is 0.364 e. The van der Waals surface area contributed by atoms with Crippen LogP contribution in [0.15, 0.2) is 23.7 Å². The molecule has 2 aromatic rings. The summed E-state index contributed by atoms with van der Waals surface area (Å²) in [6.45, 7) is 2.28. The van der Waals surface area contributed by atoms with Crippen LogP contribution in [0.1, 0.15) is 26.2 Å². The zero-order chi connectivity index (χ0) is 10.3. The van der Waals surface area contributed by atoms with Crippen molar-refractivity contribution in [3.63, 3.8) is 0 Å². The van der Waals surface area contributed by atoms with Crippen LogP contribution in [0.2, 0.25) is 0 Å². The van der Waals surface area contributed by atoms with E-state index in [9.17, 15) is 0 Å². The first-order chi connectivity index (χ1) is 7.27. The highest BCUT2D eigenvalue weighted by atomic mass is 32.1. The summed E-state index contributed by atoms with van der Waals surface area (Å²) in [4.78, 5) is 4.44. The van der Waals surface area contributed by atoms with Crippen LogP contribution in [0.25, 0.3) is 10.1 Å². The Kier molecular flexibility index (Phi) is 1.96. The molecule has 0 amide bonds. The summed E-state index contributed by atoms with van der Waals surface area (Å²) in [6.07, 6.45) is 5.75. The van der Waals surface area contributed by atoms with Gasteiger partial charge < -0.3 is 5.32 Å². The first-order valence-corrected chi connectivity index (χ1v) is 6.25. The maximum atomic E-state index is 4.44. The average Bonchev–Trinajstić information content (AvgIpc) is 2.64. The number of rotatable bonds is 2. The summed E-state index contributed by atoms with van der Waals surface area (Å²) in [5.74, 6) is 1.05. The van der Waals surface area contributed by atoms with Crippen LogP contribution in [0.5, 0.6) is 0 Å². The van der Waals surface area contributed by atoms with E-state index in [4.69, 9.17) is 0 Å². The zero-order valence-electron chi connectivity index (χ0n) is 8.79. The molecule has 0 aromatic carbocycles. The van der Waals surface area contributed by atoms with Crippen LogP contribution in [0.3, 0.4) is 0 Å². The number of pyridine rings is 1. The average molecular weight is 218 g/mol. The molecule has 0 bridgehead atoms. The quantitative estimate of drug-likeness (QED) is 0.832. The Morgan fingerprint density at radius 2 is 2.27 bits per heavy atom. The van der Waals surface area contributed by atoms with E-state index in [0.717, 1.165) is 5.82 Å². The SMILES string of the molecule is CC1(Nc2nccc3sccc23)CCC1. The minimum Gasteiger partial charge on any atom is -0.364 e. The van der Waals surface area contributed by atoms with Gasteiger partial charge >= 0.3 is 0 Å². The monoisotopic (exact) mass is 218 g/mol. The molecule has 2 nitrogen and oxygen atoms in total. The van der Waals surface area contributed by atoms with Crippen LogP contribution in [0, 0.1) is 0 Å². The van der Waals surface area contributed by atoms with Crippen LogP contribution < -0.4 is 5.32 Å². The van der Waals surface area contributed by atoms with Gasteiger partial charge in [0, 0.05) is 21.8 Å². The molecule has 0 unspecified atom stereocenters. The lowest BCUT2D eigenvalue weighted by Crippen LogP contribution is -2.41. The van der Waals surface area contributed by atoms with Gasteiger partial charge in [0.1, 0.15) is 5.82 Å². The van der Waals surface area contributed by atoms with Gasteiger partial charge in [-0.1, -0.05) is 0 Å². The highest BCUT2D eigenvalue weighted by molar-refractivity contribution is 7.17. The molecule has 2 aromatic heterocycles. The fraction of sp³-hybridized carbons (Fsp3) is 0.417. The van der Waals surface area contributed by atoms with Crippen molar-refractivity contribution in [2.24, 2.45) is 0 Å². The second kappa shape index (κ2) is 3.20. The van der Waals surface area contributed by atoms with E-state index in [-0.39, 0.29) is 5.54 Å². The molecule has 0 spiro atoms. The predicted octanol–water partition coefficient (Wildman–Crippen LogP) is 3.65. The fourth-order valence-corrected chi connectivity index (χ4v) is 2.89. The van der Waals surface area contributed by atoms with Gasteiger partial charge in [-0.05, 0) is 43.7 Å². The highest BCUT2D eigenvalue weighted by Crippen LogP contribution is 2.36. The number of hydrogen-bond donors (Lipinski definition) is 1. The molecule has 1 N–H and O–H groups in total. The summed E-state index contributed by atoms with van der Waals surface area (Å²) in [5, 5.41) is 6.96. The molecule has 2 heterocycles. The van der Waals surface area contributed by atoms with Crippen LogP contribution in [-0.4, -0.2) is 10.5 Å². The Hall–Kier alpha value is -1.09. The van der Waals surface area contributed by atoms with Gasteiger partial charge in [0.2, 0.25) is 0 Å². The van der Waals surface area contributed by atoms with Crippen molar-refractivity contribution in [3.05, 3.63) is 23.7 Å². The van der Waals surface area contributed by atoms with Gasteiger partial charge in [0.15, 0.2) is 0 Å². The van der Waals surface area contributed by atoms with E-state index in [1.807, 2.05) is 6.20 Å². The standard InChI is InChI=1S/C12H14N2S/c1-12(5-2-6-12)14-11-9-4-8-15-10(9)3-7-13-11/h3-4,7-8H,2,5-6H2,1H3,(H,13,14). The van der Waals surface area contributed by atoms with E-state index < -0.39 is 0 Å². The second-order valence-electron chi connectivity index (χ2n) is 4.53. The van der Waals surface area contributed by atoms with Gasteiger partial charge in [0.25, 0.3) is 0 Å². The van der Waals surface area contributed by atoms with Crippen molar-refractivity contribution in [1.29, 1.82) is 0 Å². The normalized spacial score (nSPS) is 18.7. The Morgan fingerprint density at radius 3 is 3.00 bits per heavy atom. The maximum Gasteiger partial charge on any atom is 0.135 e. The van der Waals surface area contributed by atoms with Crippen molar-refractivity contribution in [2.45, 2.75) is 31.7 Å². The number of nitrogens with zero attached hydrogens (tertiary/aromatic N) is 1. The minimum atomic E-state index is 0.281. The molecular weight excluding hydrogens is 204 g/mol. The molecular formula is C12H14N2S. The zero-order valence-corrected chi connectivity index (χ0v) is 9.60. The molecule has 1 saturated carbocycles. The second-order valence-corrected chi connectivity index (χ2v) is 5.48. The van der Waals surface area contributed by atoms with E-state index in [2.05, 4.69) is 34.7 Å². The fourth-order valence-electron chi connectivity index (χ4n) is 2.11. The van der Waals surface area contributed by atoms with Crippen molar-refractivity contribution < 1.29 is 0 Å². The Labute approximate surface area is 93.3 Å². The lowest BCUT2D eigenvalue weighted by Gasteiger charge is -2.39. The molecule has 1 fully saturated rings. The van der Waals surface area contributed by atoms with Crippen LogP contribution >= 0.6 is 11.3 Å². The number of hydrogen-bond acceptors (Lipinski definition) is 3. The van der Waals surface area contributed by atoms with Gasteiger partial charge in [-0.25, -0.2) is 4.98 Å².